The minimum atomic E-state index is -0.771. The molecule has 1 saturated carbocycles. The molecule has 0 aromatic rings. The Morgan fingerprint density at radius 1 is 1.25 bits per heavy atom. The molecule has 1 aliphatic carbocycles. The summed E-state index contributed by atoms with van der Waals surface area (Å²) in [6, 6.07) is 0.765. The van der Waals surface area contributed by atoms with E-state index in [0.717, 1.165) is 32.2 Å². The molecule has 0 spiro atoms. The average molecular weight is 283 g/mol. The second-order valence-corrected chi connectivity index (χ2v) is 5.87. The third kappa shape index (κ3) is 4.37. The average Bonchev–Trinajstić information content (AvgIpc) is 3.27. The molecule has 20 heavy (non-hydrogen) atoms. The molecule has 2 fully saturated rings. The van der Waals surface area contributed by atoms with Gasteiger partial charge in [-0.1, -0.05) is 6.92 Å². The first-order valence-corrected chi connectivity index (χ1v) is 7.57. The molecule has 2 rings (SSSR count). The van der Waals surface area contributed by atoms with Gasteiger partial charge in [0.25, 0.3) is 0 Å². The number of urea groups is 1. The first kappa shape index (κ1) is 15.1. The molecule has 1 heterocycles. The molecule has 1 unspecified atom stereocenters. The summed E-state index contributed by atoms with van der Waals surface area (Å²) in [7, 11) is 0. The van der Waals surface area contributed by atoms with Gasteiger partial charge in [-0.25, -0.2) is 4.79 Å². The van der Waals surface area contributed by atoms with Crippen molar-refractivity contribution >= 4 is 12.0 Å². The smallest absolute Gasteiger partial charge is 0.317 e. The van der Waals surface area contributed by atoms with E-state index in [0.29, 0.717) is 19.4 Å². The van der Waals surface area contributed by atoms with Crippen LogP contribution in [0.3, 0.4) is 0 Å². The number of carbonyl (C=O) groups excluding carboxylic acids is 1. The molecule has 114 valence electrons. The van der Waals surface area contributed by atoms with Crippen LogP contribution in [0, 0.1) is 5.92 Å². The third-order valence-corrected chi connectivity index (χ3v) is 4.18. The van der Waals surface area contributed by atoms with Crippen LogP contribution in [0.15, 0.2) is 0 Å². The largest absolute Gasteiger partial charge is 0.481 e. The van der Waals surface area contributed by atoms with Crippen LogP contribution in [0.25, 0.3) is 0 Å². The van der Waals surface area contributed by atoms with Gasteiger partial charge in [0.15, 0.2) is 0 Å². The molecular formula is C14H25N3O3. The van der Waals surface area contributed by atoms with Gasteiger partial charge in [-0.15, -0.1) is 0 Å². The van der Waals surface area contributed by atoms with Gasteiger partial charge < -0.3 is 15.3 Å². The molecule has 2 aliphatic rings. The minimum Gasteiger partial charge on any atom is -0.481 e. The minimum absolute atomic E-state index is 0.0107. The van der Waals surface area contributed by atoms with Crippen molar-refractivity contribution < 1.29 is 14.7 Å². The number of piperazine rings is 1. The van der Waals surface area contributed by atoms with Crippen molar-refractivity contribution in [1.82, 2.24) is 15.1 Å². The van der Waals surface area contributed by atoms with E-state index in [9.17, 15) is 9.59 Å². The summed E-state index contributed by atoms with van der Waals surface area (Å²) in [6.07, 6.45) is 3.94. The van der Waals surface area contributed by atoms with Crippen LogP contribution in [0.5, 0.6) is 0 Å². The van der Waals surface area contributed by atoms with Gasteiger partial charge in [0.05, 0.1) is 5.92 Å². The van der Waals surface area contributed by atoms with Crippen LogP contribution in [-0.4, -0.2) is 65.7 Å². The highest BCUT2D eigenvalue weighted by atomic mass is 16.4. The van der Waals surface area contributed by atoms with Crippen molar-refractivity contribution in [3.05, 3.63) is 0 Å². The number of hydrogen-bond acceptors (Lipinski definition) is 3. The predicted molar refractivity (Wildman–Crippen MR) is 75.6 cm³/mol. The molecule has 1 aliphatic heterocycles. The van der Waals surface area contributed by atoms with E-state index in [2.05, 4.69) is 10.2 Å². The Hall–Kier alpha value is -1.30. The Labute approximate surface area is 120 Å². The number of nitrogens with zero attached hydrogens (tertiary/aromatic N) is 2. The van der Waals surface area contributed by atoms with Crippen LogP contribution >= 0.6 is 0 Å². The maximum absolute atomic E-state index is 11.9. The summed E-state index contributed by atoms with van der Waals surface area (Å²) in [6.45, 7) is 5.81. The predicted octanol–water partition coefficient (Wildman–Crippen LogP) is 0.977. The molecule has 0 aromatic heterocycles. The highest BCUT2D eigenvalue weighted by Crippen LogP contribution is 2.27. The maximum atomic E-state index is 11.9. The van der Waals surface area contributed by atoms with Gasteiger partial charge in [0, 0.05) is 38.8 Å². The number of carboxylic acid groups (broad SMARTS) is 1. The number of aliphatic carboxylic acids is 1. The lowest BCUT2D eigenvalue weighted by molar-refractivity contribution is -0.141. The van der Waals surface area contributed by atoms with Gasteiger partial charge in [0.2, 0.25) is 0 Å². The second-order valence-electron chi connectivity index (χ2n) is 5.87. The summed E-state index contributed by atoms with van der Waals surface area (Å²) < 4.78 is 0. The zero-order valence-electron chi connectivity index (χ0n) is 12.2. The number of rotatable bonds is 6. The van der Waals surface area contributed by atoms with Gasteiger partial charge >= 0.3 is 12.0 Å². The fourth-order valence-corrected chi connectivity index (χ4v) is 2.57. The van der Waals surface area contributed by atoms with E-state index in [4.69, 9.17) is 5.11 Å². The first-order valence-electron chi connectivity index (χ1n) is 7.57. The van der Waals surface area contributed by atoms with Gasteiger partial charge in [-0.2, -0.15) is 0 Å². The molecule has 2 N–H and O–H groups in total. The highest BCUT2D eigenvalue weighted by molar-refractivity contribution is 5.74. The van der Waals surface area contributed by atoms with E-state index in [1.165, 1.54) is 12.8 Å². The zero-order chi connectivity index (χ0) is 14.5. The summed E-state index contributed by atoms with van der Waals surface area (Å²) in [5.41, 5.74) is 0. The second kappa shape index (κ2) is 6.92. The van der Waals surface area contributed by atoms with Crippen LogP contribution in [0.4, 0.5) is 4.79 Å². The summed E-state index contributed by atoms with van der Waals surface area (Å²) in [5.74, 6) is -1.11. The van der Waals surface area contributed by atoms with Crippen molar-refractivity contribution in [1.29, 1.82) is 0 Å². The van der Waals surface area contributed by atoms with E-state index < -0.39 is 5.97 Å². The molecule has 0 bridgehead atoms. The van der Waals surface area contributed by atoms with Crippen molar-refractivity contribution in [3.8, 4) is 0 Å². The van der Waals surface area contributed by atoms with Crippen molar-refractivity contribution in [2.24, 2.45) is 5.92 Å². The number of carbonyl (C=O) groups is 2. The standard InChI is InChI=1S/C14H25N3O3/c1-11(13(18)19)3-2-6-15-14(20)17-9-7-16(8-10-17)12-4-5-12/h11-12H,2-10H2,1H3,(H,15,20)(H,18,19). The van der Waals surface area contributed by atoms with Gasteiger partial charge in [0.1, 0.15) is 0 Å². The van der Waals surface area contributed by atoms with Gasteiger partial charge in [-0.3, -0.25) is 9.69 Å². The lowest BCUT2D eigenvalue weighted by atomic mass is 10.1. The van der Waals surface area contributed by atoms with Crippen molar-refractivity contribution in [3.63, 3.8) is 0 Å². The molecular weight excluding hydrogens is 258 g/mol. The zero-order valence-corrected chi connectivity index (χ0v) is 12.2. The molecule has 1 atom stereocenters. The topological polar surface area (TPSA) is 72.9 Å². The number of carboxylic acids is 1. The van der Waals surface area contributed by atoms with Crippen LogP contribution in [0.2, 0.25) is 0 Å². The molecule has 6 nitrogen and oxygen atoms in total. The third-order valence-electron chi connectivity index (χ3n) is 4.18. The van der Waals surface area contributed by atoms with Crippen molar-refractivity contribution in [2.45, 2.75) is 38.6 Å². The highest BCUT2D eigenvalue weighted by Gasteiger charge is 2.32. The van der Waals surface area contributed by atoms with Crippen LogP contribution in [-0.2, 0) is 4.79 Å². The van der Waals surface area contributed by atoms with E-state index in [1.807, 2.05) is 4.90 Å². The Kier molecular flexibility index (Phi) is 5.23. The number of amides is 2. The fourth-order valence-electron chi connectivity index (χ4n) is 2.57. The Bertz CT molecular complexity index is 350. The summed E-state index contributed by atoms with van der Waals surface area (Å²) in [4.78, 5) is 26.9. The number of hydrogen-bond donors (Lipinski definition) is 2. The summed E-state index contributed by atoms with van der Waals surface area (Å²) >= 11 is 0. The first-order chi connectivity index (χ1) is 9.58. The van der Waals surface area contributed by atoms with E-state index in [-0.39, 0.29) is 11.9 Å². The Balaban J connectivity index is 1.57. The molecule has 2 amide bonds. The Morgan fingerprint density at radius 2 is 1.90 bits per heavy atom. The lowest BCUT2D eigenvalue weighted by Crippen LogP contribution is -2.52. The normalized spacial score (nSPS) is 21.6. The maximum Gasteiger partial charge on any atom is 0.317 e. The van der Waals surface area contributed by atoms with Gasteiger partial charge in [-0.05, 0) is 25.7 Å². The molecule has 1 saturated heterocycles. The Morgan fingerprint density at radius 3 is 2.45 bits per heavy atom. The van der Waals surface area contributed by atoms with E-state index in [1.54, 1.807) is 6.92 Å². The van der Waals surface area contributed by atoms with E-state index >= 15 is 0 Å². The number of nitrogens with one attached hydrogen (secondary N) is 1. The molecule has 6 heteroatoms. The fraction of sp³-hybridized carbons (Fsp3) is 0.857. The molecule has 0 aromatic carbocycles. The quantitative estimate of drug-likeness (QED) is 0.713. The lowest BCUT2D eigenvalue weighted by Gasteiger charge is -2.34. The summed E-state index contributed by atoms with van der Waals surface area (Å²) in [5, 5.41) is 11.7. The molecule has 0 radical (unpaired) electrons. The van der Waals surface area contributed by atoms with Crippen molar-refractivity contribution in [2.75, 3.05) is 32.7 Å². The monoisotopic (exact) mass is 283 g/mol. The van der Waals surface area contributed by atoms with Crippen LogP contribution in [0.1, 0.15) is 32.6 Å². The SMILES string of the molecule is CC(CCCNC(=O)N1CCN(C2CC2)CC1)C(=O)O. The van der Waals surface area contributed by atoms with Crippen LogP contribution < -0.4 is 5.32 Å².